The molecule has 0 saturated carbocycles. The van der Waals surface area contributed by atoms with Crippen LogP contribution >= 0.6 is 0 Å². The topological polar surface area (TPSA) is 78.9 Å². The molecule has 0 aromatic heterocycles. The number of carbonyl (C=O) groups excluding carboxylic acids is 3. The van der Waals surface area contributed by atoms with Crippen molar-refractivity contribution in [3.8, 4) is 0 Å². The van der Waals surface area contributed by atoms with Crippen LogP contribution in [0.3, 0.4) is 0 Å². The van der Waals surface area contributed by atoms with Crippen molar-refractivity contribution >= 4 is 17.9 Å². The van der Waals surface area contributed by atoms with Crippen molar-refractivity contribution in [3.05, 3.63) is 109 Å². The summed E-state index contributed by atoms with van der Waals surface area (Å²) < 4.78 is 16.6. The highest BCUT2D eigenvalue weighted by Crippen LogP contribution is 2.13. The lowest BCUT2D eigenvalue weighted by Crippen LogP contribution is -2.30. The van der Waals surface area contributed by atoms with E-state index in [2.05, 4.69) is 130 Å². The van der Waals surface area contributed by atoms with Crippen LogP contribution in [0.2, 0.25) is 0 Å². The van der Waals surface area contributed by atoms with Gasteiger partial charge in [0.2, 0.25) is 0 Å². The summed E-state index contributed by atoms with van der Waals surface area (Å²) in [5.74, 6) is -0.929. The molecule has 0 aliphatic carbocycles. The number of esters is 3. The zero-order valence-electron chi connectivity index (χ0n) is 41.3. The van der Waals surface area contributed by atoms with E-state index in [4.69, 9.17) is 14.2 Å². The summed E-state index contributed by atoms with van der Waals surface area (Å²) in [4.78, 5) is 37.4. The van der Waals surface area contributed by atoms with E-state index in [-0.39, 0.29) is 31.1 Å². The molecule has 0 rings (SSSR count). The maximum Gasteiger partial charge on any atom is 0.306 e. The normalized spacial score (nSPS) is 13.0. The van der Waals surface area contributed by atoms with Gasteiger partial charge in [0.15, 0.2) is 6.10 Å². The lowest BCUT2D eigenvalue weighted by Gasteiger charge is -2.18. The zero-order valence-corrected chi connectivity index (χ0v) is 41.3. The van der Waals surface area contributed by atoms with Crippen molar-refractivity contribution in [3.63, 3.8) is 0 Å². The van der Waals surface area contributed by atoms with Gasteiger partial charge < -0.3 is 14.2 Å². The van der Waals surface area contributed by atoms with Crippen LogP contribution < -0.4 is 0 Å². The molecule has 0 saturated heterocycles. The van der Waals surface area contributed by atoms with Gasteiger partial charge >= 0.3 is 17.9 Å². The number of allylic oxidation sites excluding steroid dienone is 18. The van der Waals surface area contributed by atoms with Crippen molar-refractivity contribution in [2.75, 3.05) is 13.2 Å². The van der Waals surface area contributed by atoms with Crippen molar-refractivity contribution in [1.29, 1.82) is 0 Å². The Hall–Kier alpha value is -3.93. The first-order valence-corrected chi connectivity index (χ1v) is 25.9. The minimum atomic E-state index is -0.778. The van der Waals surface area contributed by atoms with E-state index in [1.165, 1.54) is 44.9 Å². The van der Waals surface area contributed by atoms with Crippen LogP contribution in [0.15, 0.2) is 109 Å². The quantitative estimate of drug-likeness (QED) is 0.0262. The molecule has 0 heterocycles. The number of rotatable bonds is 45. The van der Waals surface area contributed by atoms with Crippen LogP contribution in [-0.4, -0.2) is 37.2 Å². The highest BCUT2D eigenvalue weighted by Gasteiger charge is 2.19. The van der Waals surface area contributed by atoms with Crippen LogP contribution in [0.5, 0.6) is 0 Å². The van der Waals surface area contributed by atoms with Crippen molar-refractivity contribution in [2.45, 2.75) is 226 Å². The molecule has 0 bridgehead atoms. The third-order valence-corrected chi connectivity index (χ3v) is 10.5. The van der Waals surface area contributed by atoms with E-state index < -0.39 is 6.10 Å². The number of carbonyl (C=O) groups is 3. The second-order valence-corrected chi connectivity index (χ2v) is 16.7. The highest BCUT2D eigenvalue weighted by molar-refractivity contribution is 5.71. The molecular formula is C58H94O6. The first-order chi connectivity index (χ1) is 31.5. The van der Waals surface area contributed by atoms with Crippen LogP contribution in [0.25, 0.3) is 0 Å². The predicted octanol–water partition coefficient (Wildman–Crippen LogP) is 17.1. The molecule has 0 spiro atoms. The fourth-order valence-corrected chi connectivity index (χ4v) is 6.67. The maximum atomic E-state index is 12.6. The Bertz CT molecular complexity index is 1340. The van der Waals surface area contributed by atoms with Gasteiger partial charge in [0.05, 0.1) is 0 Å². The van der Waals surface area contributed by atoms with Gasteiger partial charge in [0, 0.05) is 19.3 Å². The predicted molar refractivity (Wildman–Crippen MR) is 274 cm³/mol. The average molecular weight is 887 g/mol. The van der Waals surface area contributed by atoms with E-state index >= 15 is 0 Å². The lowest BCUT2D eigenvalue weighted by molar-refractivity contribution is -0.167. The molecule has 0 aromatic carbocycles. The summed E-state index contributed by atoms with van der Waals surface area (Å²) in [6.07, 6.45) is 69.9. The Labute approximate surface area is 393 Å². The second-order valence-electron chi connectivity index (χ2n) is 16.7. The van der Waals surface area contributed by atoms with Gasteiger partial charge in [-0.15, -0.1) is 0 Å². The van der Waals surface area contributed by atoms with E-state index in [0.29, 0.717) is 19.3 Å². The molecule has 6 nitrogen and oxygen atoms in total. The summed E-state index contributed by atoms with van der Waals surface area (Å²) in [5.41, 5.74) is 0. The Morgan fingerprint density at radius 3 is 0.953 bits per heavy atom. The fourth-order valence-electron chi connectivity index (χ4n) is 6.67. The molecular weight excluding hydrogens is 793 g/mol. The monoisotopic (exact) mass is 887 g/mol. The Morgan fingerprint density at radius 2 is 0.609 bits per heavy atom. The summed E-state index contributed by atoms with van der Waals surface area (Å²) in [7, 11) is 0. The molecule has 1 atom stereocenters. The molecule has 0 fully saturated rings. The fraction of sp³-hybridized carbons (Fsp3) is 0.638. The molecule has 0 amide bonds. The summed E-state index contributed by atoms with van der Waals surface area (Å²) in [6.45, 7) is 6.38. The van der Waals surface area contributed by atoms with Gasteiger partial charge in [0.1, 0.15) is 13.2 Å². The number of unbranched alkanes of at least 4 members (excludes halogenated alkanes) is 16. The Kier molecular flexibility index (Phi) is 48.5. The zero-order chi connectivity index (χ0) is 46.5. The van der Waals surface area contributed by atoms with Crippen LogP contribution in [-0.2, 0) is 28.6 Å². The molecule has 0 aliphatic rings. The van der Waals surface area contributed by atoms with Crippen LogP contribution in [0.1, 0.15) is 220 Å². The lowest BCUT2D eigenvalue weighted by atomic mass is 10.1. The highest BCUT2D eigenvalue weighted by atomic mass is 16.6. The summed E-state index contributed by atoms with van der Waals surface area (Å²) >= 11 is 0. The molecule has 1 unspecified atom stereocenters. The minimum absolute atomic E-state index is 0.0842. The number of hydrogen-bond donors (Lipinski definition) is 0. The molecule has 0 aromatic rings. The first kappa shape index (κ1) is 60.1. The smallest absolute Gasteiger partial charge is 0.306 e. The van der Waals surface area contributed by atoms with E-state index in [9.17, 15) is 14.4 Å². The van der Waals surface area contributed by atoms with Crippen LogP contribution in [0, 0.1) is 0 Å². The van der Waals surface area contributed by atoms with Gasteiger partial charge in [-0.1, -0.05) is 220 Å². The van der Waals surface area contributed by atoms with Gasteiger partial charge in [-0.05, 0) is 89.9 Å². The van der Waals surface area contributed by atoms with Gasteiger partial charge in [-0.2, -0.15) is 0 Å². The van der Waals surface area contributed by atoms with E-state index in [1.54, 1.807) is 0 Å². The average Bonchev–Trinajstić information content (AvgIpc) is 3.29. The molecule has 362 valence electrons. The first-order valence-electron chi connectivity index (χ1n) is 25.9. The SMILES string of the molecule is CC/C=C\C/C=C\C/C=C\C/C=C\C/C=C\C/C=C\C/C=C\C/C=C\C/C=C\CCCCCCCC(=O)OCC(COC(=O)CCCCCCCC)OC(=O)CCCCCCCCC. The standard InChI is InChI=1S/C58H94O6/c1-4-7-10-13-16-17-18-19-20-21-22-23-24-25-26-27-28-29-30-31-32-33-34-35-36-37-38-39-40-41-43-45-48-51-57(60)63-54-55(53-62-56(59)50-47-44-15-12-9-6-3)64-58(61)52-49-46-42-14-11-8-5-2/h7,10,16-17,19-20,22-23,25-26,28-29,31-32,34-35,37-38,55H,4-6,8-9,11-15,18,21,24,27,30,33,36,39-54H2,1-3H3/b10-7-,17-16-,20-19-,23-22-,26-25-,29-28-,32-31-,35-34-,38-37-. The van der Waals surface area contributed by atoms with Crippen LogP contribution in [0.4, 0.5) is 0 Å². The molecule has 64 heavy (non-hydrogen) atoms. The summed E-state index contributed by atoms with van der Waals surface area (Å²) in [5, 5.41) is 0. The van der Waals surface area contributed by atoms with Crippen molar-refractivity contribution in [1.82, 2.24) is 0 Å². The summed E-state index contributed by atoms with van der Waals surface area (Å²) in [6, 6.07) is 0. The van der Waals surface area contributed by atoms with Crippen molar-refractivity contribution < 1.29 is 28.6 Å². The number of hydrogen-bond acceptors (Lipinski definition) is 6. The molecule has 0 aliphatic heterocycles. The molecule has 6 heteroatoms. The molecule has 0 radical (unpaired) electrons. The van der Waals surface area contributed by atoms with E-state index in [0.717, 1.165) is 135 Å². The van der Waals surface area contributed by atoms with Gasteiger partial charge in [-0.25, -0.2) is 0 Å². The van der Waals surface area contributed by atoms with Gasteiger partial charge in [-0.3, -0.25) is 14.4 Å². The number of ether oxygens (including phenoxy) is 3. The maximum absolute atomic E-state index is 12.6. The molecule has 0 N–H and O–H groups in total. The Balaban J connectivity index is 4.06. The minimum Gasteiger partial charge on any atom is -0.462 e. The third-order valence-electron chi connectivity index (χ3n) is 10.5. The Morgan fingerprint density at radius 1 is 0.328 bits per heavy atom. The van der Waals surface area contributed by atoms with Gasteiger partial charge in [0.25, 0.3) is 0 Å². The largest absolute Gasteiger partial charge is 0.462 e. The van der Waals surface area contributed by atoms with E-state index in [1.807, 2.05) is 0 Å². The third kappa shape index (κ3) is 49.1. The second kappa shape index (κ2) is 51.7. The van der Waals surface area contributed by atoms with Crippen molar-refractivity contribution in [2.24, 2.45) is 0 Å².